The number of hydrogen-bond donors (Lipinski definition) is 1. The minimum absolute atomic E-state index is 0.141. The molecule has 2 aromatic rings. The zero-order valence-electron chi connectivity index (χ0n) is 9.77. The number of benzene rings is 1. The Bertz CT molecular complexity index is 510. The van der Waals surface area contributed by atoms with Gasteiger partial charge in [-0.15, -0.1) is 11.3 Å². The van der Waals surface area contributed by atoms with Gasteiger partial charge in [-0.2, -0.15) is 8.78 Å². The van der Waals surface area contributed by atoms with Crippen LogP contribution in [0.5, 0.6) is 5.75 Å². The van der Waals surface area contributed by atoms with Crippen molar-refractivity contribution in [2.75, 3.05) is 0 Å². The molecule has 0 aliphatic rings. The number of nitrogens with two attached hydrogens (primary N) is 1. The zero-order valence-corrected chi connectivity index (χ0v) is 10.6. The molecule has 1 heterocycles. The molecule has 0 radical (unpaired) electrons. The summed E-state index contributed by atoms with van der Waals surface area (Å²) in [6.45, 7) is -0.787. The van der Waals surface area contributed by atoms with Crippen molar-refractivity contribution in [2.24, 2.45) is 5.73 Å². The van der Waals surface area contributed by atoms with Gasteiger partial charge in [0.2, 0.25) is 0 Å². The molecule has 1 aromatic carbocycles. The first-order chi connectivity index (χ1) is 8.56. The lowest BCUT2D eigenvalue weighted by molar-refractivity contribution is -0.0498. The fourth-order valence-corrected chi connectivity index (χ4v) is 2.42. The van der Waals surface area contributed by atoms with Crippen LogP contribution in [0.1, 0.15) is 22.0 Å². The predicted molar refractivity (Wildman–Crippen MR) is 68.2 cm³/mol. The number of alkyl halides is 2. The molecule has 0 saturated heterocycles. The number of hydrogen-bond acceptors (Lipinski definition) is 3. The fraction of sp³-hybridized carbons (Fsp3) is 0.231. The van der Waals surface area contributed by atoms with Gasteiger partial charge in [0.15, 0.2) is 0 Å². The summed E-state index contributed by atoms with van der Waals surface area (Å²) in [6.07, 6.45) is 0. The van der Waals surface area contributed by atoms with Crippen LogP contribution in [0.15, 0.2) is 35.7 Å². The SMILES string of the molecule is Cc1cc(C(N)c2ccc(OC(F)F)cc2)cs1. The number of halogens is 2. The Morgan fingerprint density at radius 2 is 1.83 bits per heavy atom. The van der Waals surface area contributed by atoms with Gasteiger partial charge in [-0.3, -0.25) is 0 Å². The van der Waals surface area contributed by atoms with Gasteiger partial charge < -0.3 is 10.5 Å². The summed E-state index contributed by atoms with van der Waals surface area (Å²) in [6, 6.07) is 8.20. The second-order valence-corrected chi connectivity index (χ2v) is 5.03. The average molecular weight is 269 g/mol. The first kappa shape index (κ1) is 13.0. The molecule has 1 atom stereocenters. The zero-order chi connectivity index (χ0) is 13.1. The molecule has 0 aliphatic carbocycles. The lowest BCUT2D eigenvalue weighted by atomic mass is 10.0. The lowest BCUT2D eigenvalue weighted by Crippen LogP contribution is -2.11. The summed E-state index contributed by atoms with van der Waals surface area (Å²) in [4.78, 5) is 1.19. The van der Waals surface area contributed by atoms with Crippen LogP contribution in [0, 0.1) is 6.92 Å². The van der Waals surface area contributed by atoms with Crippen LogP contribution >= 0.6 is 11.3 Å². The Labute approximate surface area is 108 Å². The van der Waals surface area contributed by atoms with Gasteiger partial charge in [0.1, 0.15) is 5.75 Å². The van der Waals surface area contributed by atoms with Gasteiger partial charge in [-0.25, -0.2) is 0 Å². The second kappa shape index (κ2) is 5.46. The third kappa shape index (κ3) is 3.05. The maximum absolute atomic E-state index is 12.0. The quantitative estimate of drug-likeness (QED) is 0.918. The third-order valence-electron chi connectivity index (χ3n) is 2.57. The molecule has 2 nitrogen and oxygen atoms in total. The number of aryl methyl sites for hydroxylation is 1. The summed E-state index contributed by atoms with van der Waals surface area (Å²) in [5.41, 5.74) is 8.00. The van der Waals surface area contributed by atoms with Crippen LogP contribution in [-0.2, 0) is 0 Å². The van der Waals surface area contributed by atoms with E-state index in [-0.39, 0.29) is 11.8 Å². The minimum Gasteiger partial charge on any atom is -0.435 e. The Balaban J connectivity index is 2.14. The standard InChI is InChI=1S/C13H13F2NOS/c1-8-6-10(7-18-8)12(16)9-2-4-11(5-3-9)17-13(14)15/h2-7,12-13H,16H2,1H3. The maximum atomic E-state index is 12.0. The van der Waals surface area contributed by atoms with Crippen molar-refractivity contribution in [1.82, 2.24) is 0 Å². The average Bonchev–Trinajstić information content (AvgIpc) is 2.75. The van der Waals surface area contributed by atoms with Crippen LogP contribution < -0.4 is 10.5 Å². The first-order valence-electron chi connectivity index (χ1n) is 5.41. The topological polar surface area (TPSA) is 35.2 Å². The van der Waals surface area contributed by atoms with Crippen molar-refractivity contribution in [3.63, 3.8) is 0 Å². The summed E-state index contributed by atoms with van der Waals surface area (Å²) >= 11 is 1.64. The van der Waals surface area contributed by atoms with Crippen molar-refractivity contribution < 1.29 is 13.5 Å². The molecule has 0 fully saturated rings. The smallest absolute Gasteiger partial charge is 0.387 e. The van der Waals surface area contributed by atoms with Crippen LogP contribution in [0.3, 0.4) is 0 Å². The highest BCUT2D eigenvalue weighted by Gasteiger charge is 2.11. The van der Waals surface area contributed by atoms with E-state index >= 15 is 0 Å². The van der Waals surface area contributed by atoms with E-state index in [4.69, 9.17) is 5.73 Å². The van der Waals surface area contributed by atoms with Gasteiger partial charge in [0, 0.05) is 4.88 Å². The number of thiophene rings is 1. The van der Waals surface area contributed by atoms with Gasteiger partial charge in [0.05, 0.1) is 6.04 Å². The van der Waals surface area contributed by atoms with Crippen LogP contribution in [-0.4, -0.2) is 6.61 Å². The van der Waals surface area contributed by atoms with Crippen molar-refractivity contribution >= 4 is 11.3 Å². The Kier molecular flexibility index (Phi) is 3.93. The summed E-state index contributed by atoms with van der Waals surface area (Å²) in [5, 5.41) is 2.00. The predicted octanol–water partition coefficient (Wildman–Crippen LogP) is 3.71. The molecule has 0 amide bonds. The van der Waals surface area contributed by atoms with E-state index in [0.29, 0.717) is 0 Å². The Morgan fingerprint density at radius 1 is 1.17 bits per heavy atom. The van der Waals surface area contributed by atoms with Crippen molar-refractivity contribution in [2.45, 2.75) is 19.6 Å². The molecular weight excluding hydrogens is 256 g/mol. The van der Waals surface area contributed by atoms with E-state index in [9.17, 15) is 8.78 Å². The highest BCUT2D eigenvalue weighted by Crippen LogP contribution is 2.26. The molecule has 18 heavy (non-hydrogen) atoms. The minimum atomic E-state index is -2.80. The molecule has 1 unspecified atom stereocenters. The molecule has 5 heteroatoms. The molecule has 0 spiro atoms. The van der Waals surface area contributed by atoms with Crippen LogP contribution in [0.4, 0.5) is 8.78 Å². The van der Waals surface area contributed by atoms with Crippen molar-refractivity contribution in [3.05, 3.63) is 51.7 Å². The fourth-order valence-electron chi connectivity index (χ4n) is 1.68. The van der Waals surface area contributed by atoms with Crippen LogP contribution in [0.2, 0.25) is 0 Å². The first-order valence-corrected chi connectivity index (χ1v) is 6.29. The molecule has 0 bridgehead atoms. The van der Waals surface area contributed by atoms with Crippen molar-refractivity contribution in [1.29, 1.82) is 0 Å². The van der Waals surface area contributed by atoms with E-state index in [1.54, 1.807) is 23.5 Å². The molecule has 2 rings (SSSR count). The summed E-state index contributed by atoms with van der Waals surface area (Å²) < 4.78 is 28.3. The summed E-state index contributed by atoms with van der Waals surface area (Å²) in [5.74, 6) is 0.141. The molecule has 1 aromatic heterocycles. The molecular formula is C13H13F2NOS. The van der Waals surface area contributed by atoms with E-state index in [2.05, 4.69) is 4.74 Å². The van der Waals surface area contributed by atoms with E-state index < -0.39 is 6.61 Å². The number of ether oxygens (including phenoxy) is 1. The second-order valence-electron chi connectivity index (χ2n) is 3.92. The van der Waals surface area contributed by atoms with Crippen LogP contribution in [0.25, 0.3) is 0 Å². The molecule has 96 valence electrons. The molecule has 2 N–H and O–H groups in total. The number of rotatable bonds is 4. The monoisotopic (exact) mass is 269 g/mol. The normalized spacial score (nSPS) is 12.7. The van der Waals surface area contributed by atoms with E-state index in [1.165, 1.54) is 17.0 Å². The van der Waals surface area contributed by atoms with E-state index in [0.717, 1.165) is 11.1 Å². The lowest BCUT2D eigenvalue weighted by Gasteiger charge is -2.11. The Hall–Kier alpha value is -1.46. The van der Waals surface area contributed by atoms with E-state index in [1.807, 2.05) is 18.4 Å². The van der Waals surface area contributed by atoms with Gasteiger partial charge in [-0.05, 0) is 41.6 Å². The highest BCUT2D eigenvalue weighted by atomic mass is 32.1. The summed E-state index contributed by atoms with van der Waals surface area (Å²) in [7, 11) is 0. The molecule has 0 aliphatic heterocycles. The highest BCUT2D eigenvalue weighted by molar-refractivity contribution is 7.10. The maximum Gasteiger partial charge on any atom is 0.387 e. The van der Waals surface area contributed by atoms with Crippen molar-refractivity contribution in [3.8, 4) is 5.75 Å². The van der Waals surface area contributed by atoms with Gasteiger partial charge in [0.25, 0.3) is 0 Å². The van der Waals surface area contributed by atoms with Gasteiger partial charge >= 0.3 is 6.61 Å². The largest absolute Gasteiger partial charge is 0.435 e. The Morgan fingerprint density at radius 3 is 2.33 bits per heavy atom. The van der Waals surface area contributed by atoms with Gasteiger partial charge in [-0.1, -0.05) is 12.1 Å². The molecule has 0 saturated carbocycles. The third-order valence-corrected chi connectivity index (χ3v) is 3.45.